The first-order chi connectivity index (χ1) is 14.7. The van der Waals surface area contributed by atoms with Crippen LogP contribution in [0.1, 0.15) is 33.6 Å². The quantitative estimate of drug-likeness (QED) is 0.725. The second-order valence-corrected chi connectivity index (χ2v) is 10.2. The van der Waals surface area contributed by atoms with Crippen molar-refractivity contribution in [2.24, 2.45) is 0 Å². The van der Waals surface area contributed by atoms with Gasteiger partial charge in [0.05, 0.1) is 17.0 Å². The third-order valence-electron chi connectivity index (χ3n) is 6.07. The number of nitrogens with zero attached hydrogens (tertiary/aromatic N) is 4. The molecule has 0 aliphatic carbocycles. The molecule has 2 aliphatic rings. The van der Waals surface area contributed by atoms with Crippen LogP contribution in [-0.2, 0) is 10.0 Å². The van der Waals surface area contributed by atoms with Crippen LogP contribution >= 0.6 is 0 Å². The maximum absolute atomic E-state index is 14.7. The minimum atomic E-state index is -3.39. The van der Waals surface area contributed by atoms with Crippen molar-refractivity contribution in [3.8, 4) is 0 Å². The maximum atomic E-state index is 14.7. The molecule has 0 bridgehead atoms. The van der Waals surface area contributed by atoms with Gasteiger partial charge < -0.3 is 9.80 Å². The Kier molecular flexibility index (Phi) is 5.63. The second-order valence-electron chi connectivity index (χ2n) is 8.22. The number of carbonyl (C=O) groups excluding carboxylic acids is 1. The second kappa shape index (κ2) is 8.11. The Balaban J connectivity index is 1.46. The summed E-state index contributed by atoms with van der Waals surface area (Å²) in [6, 6.07) is 6.17. The molecule has 1 aromatic carbocycles. The van der Waals surface area contributed by atoms with Crippen molar-refractivity contribution >= 4 is 27.4 Å². The summed E-state index contributed by atoms with van der Waals surface area (Å²) >= 11 is 0. The van der Waals surface area contributed by atoms with Crippen LogP contribution in [0.3, 0.4) is 0 Å². The highest BCUT2D eigenvalue weighted by atomic mass is 32.2. The first-order valence-electron chi connectivity index (χ1n) is 10.5. The topological polar surface area (TPSA) is 73.8 Å². The van der Waals surface area contributed by atoms with Crippen molar-refractivity contribution in [3.63, 3.8) is 0 Å². The standard InChI is InChI=1S/C22H27FN4O3S/c1-15-13-16(2)21(24-17(15)3)25-8-10-26(11-9-25)22(28)19-6-5-18(14-20(19)23)27-7-4-12-31(27,29)30/h5-6,13-14H,4,7-12H2,1-3H3. The van der Waals surface area contributed by atoms with Gasteiger partial charge in [0.15, 0.2) is 0 Å². The van der Waals surface area contributed by atoms with E-state index in [1.54, 1.807) is 4.90 Å². The lowest BCUT2D eigenvalue weighted by Gasteiger charge is -2.36. The van der Waals surface area contributed by atoms with Crippen molar-refractivity contribution in [2.75, 3.05) is 47.7 Å². The molecule has 2 fully saturated rings. The number of piperazine rings is 1. The number of anilines is 2. The molecule has 9 heteroatoms. The fourth-order valence-corrected chi connectivity index (χ4v) is 5.76. The molecule has 2 aliphatic heterocycles. The summed E-state index contributed by atoms with van der Waals surface area (Å²) < 4.78 is 40.1. The average molecular weight is 447 g/mol. The van der Waals surface area contributed by atoms with Crippen molar-refractivity contribution in [1.82, 2.24) is 9.88 Å². The summed E-state index contributed by atoms with van der Waals surface area (Å²) in [4.78, 5) is 21.4. The van der Waals surface area contributed by atoms with Gasteiger partial charge in [0, 0.05) is 38.4 Å². The third-order valence-corrected chi connectivity index (χ3v) is 7.94. The van der Waals surface area contributed by atoms with Gasteiger partial charge in [-0.1, -0.05) is 6.07 Å². The van der Waals surface area contributed by atoms with E-state index >= 15 is 0 Å². The van der Waals surface area contributed by atoms with Crippen LogP contribution in [0, 0.1) is 26.6 Å². The molecule has 31 heavy (non-hydrogen) atoms. The summed E-state index contributed by atoms with van der Waals surface area (Å²) in [5.74, 6) is -0.0805. The SMILES string of the molecule is Cc1cc(C)c(N2CCN(C(=O)c3ccc(N4CCCS4(=O)=O)cc3F)CC2)nc1C. The summed E-state index contributed by atoms with van der Waals surface area (Å²) in [6.07, 6.45) is 0.518. The molecule has 0 saturated carbocycles. The number of rotatable bonds is 3. The fourth-order valence-electron chi connectivity index (χ4n) is 4.20. The van der Waals surface area contributed by atoms with E-state index in [1.807, 2.05) is 20.8 Å². The number of amides is 1. The summed E-state index contributed by atoms with van der Waals surface area (Å²) in [5.41, 5.74) is 3.47. The fraction of sp³-hybridized carbons (Fsp3) is 0.455. The molecular weight excluding hydrogens is 419 g/mol. The van der Waals surface area contributed by atoms with Gasteiger partial charge in [0.1, 0.15) is 11.6 Å². The predicted molar refractivity (Wildman–Crippen MR) is 119 cm³/mol. The van der Waals surface area contributed by atoms with Crippen LogP contribution in [0.25, 0.3) is 0 Å². The number of halogens is 1. The molecule has 3 heterocycles. The highest BCUT2D eigenvalue weighted by molar-refractivity contribution is 7.93. The smallest absolute Gasteiger partial charge is 0.256 e. The van der Waals surface area contributed by atoms with Crippen LogP contribution in [0.4, 0.5) is 15.9 Å². The summed E-state index contributed by atoms with van der Waals surface area (Å²) in [7, 11) is -3.39. The van der Waals surface area contributed by atoms with Crippen molar-refractivity contribution in [3.05, 3.63) is 52.5 Å². The maximum Gasteiger partial charge on any atom is 0.256 e. The molecule has 1 amide bonds. The Morgan fingerprint density at radius 2 is 1.71 bits per heavy atom. The van der Waals surface area contributed by atoms with Gasteiger partial charge in [0.2, 0.25) is 10.0 Å². The summed E-state index contributed by atoms with van der Waals surface area (Å²) in [6.45, 7) is 8.56. The molecule has 1 aromatic heterocycles. The average Bonchev–Trinajstić information content (AvgIpc) is 3.09. The molecule has 0 atom stereocenters. The largest absolute Gasteiger partial charge is 0.353 e. The lowest BCUT2D eigenvalue weighted by atomic mass is 10.1. The molecule has 166 valence electrons. The first-order valence-corrected chi connectivity index (χ1v) is 12.1. The van der Waals surface area contributed by atoms with Gasteiger partial charge in [-0.3, -0.25) is 9.10 Å². The van der Waals surface area contributed by atoms with Gasteiger partial charge in [-0.15, -0.1) is 0 Å². The van der Waals surface area contributed by atoms with Crippen molar-refractivity contribution in [2.45, 2.75) is 27.2 Å². The van der Waals surface area contributed by atoms with E-state index in [4.69, 9.17) is 4.98 Å². The van der Waals surface area contributed by atoms with Crippen LogP contribution in [0.5, 0.6) is 0 Å². The Hall–Kier alpha value is -2.68. The molecule has 0 radical (unpaired) electrons. The molecule has 0 N–H and O–H groups in total. The number of hydrogen-bond acceptors (Lipinski definition) is 5. The van der Waals surface area contributed by atoms with Gasteiger partial charge in [0.25, 0.3) is 5.91 Å². The monoisotopic (exact) mass is 446 g/mol. The molecule has 7 nitrogen and oxygen atoms in total. The van der Waals surface area contributed by atoms with E-state index in [9.17, 15) is 17.6 Å². The van der Waals surface area contributed by atoms with Gasteiger partial charge in [-0.2, -0.15) is 0 Å². The minimum absolute atomic E-state index is 0.0331. The number of hydrogen-bond donors (Lipinski definition) is 0. The zero-order chi connectivity index (χ0) is 22.3. The number of carbonyl (C=O) groups is 1. The van der Waals surface area contributed by atoms with E-state index in [0.29, 0.717) is 39.1 Å². The van der Waals surface area contributed by atoms with Crippen molar-refractivity contribution in [1.29, 1.82) is 0 Å². The zero-order valence-electron chi connectivity index (χ0n) is 18.1. The first kappa shape index (κ1) is 21.5. The molecule has 2 saturated heterocycles. The number of pyridine rings is 1. The molecule has 4 rings (SSSR count). The lowest BCUT2D eigenvalue weighted by Crippen LogP contribution is -2.49. The third kappa shape index (κ3) is 4.11. The number of aromatic nitrogens is 1. The normalized spacial score (nSPS) is 18.5. The number of sulfonamides is 1. The van der Waals surface area contributed by atoms with Crippen LogP contribution < -0.4 is 9.21 Å². The zero-order valence-corrected chi connectivity index (χ0v) is 18.9. The Labute approximate surface area is 182 Å². The van der Waals surface area contributed by atoms with E-state index in [0.717, 1.165) is 28.7 Å². The van der Waals surface area contributed by atoms with Gasteiger partial charge in [-0.05, 0) is 56.5 Å². The molecule has 0 unspecified atom stereocenters. The molecule has 0 spiro atoms. The predicted octanol–water partition coefficient (Wildman–Crippen LogP) is 2.65. The Morgan fingerprint density at radius 3 is 2.32 bits per heavy atom. The Bertz CT molecular complexity index is 1130. The van der Waals surface area contributed by atoms with E-state index < -0.39 is 15.8 Å². The minimum Gasteiger partial charge on any atom is -0.353 e. The highest BCUT2D eigenvalue weighted by Gasteiger charge is 2.30. The Morgan fingerprint density at radius 1 is 1.00 bits per heavy atom. The number of benzene rings is 1. The van der Waals surface area contributed by atoms with E-state index in [-0.39, 0.29) is 22.9 Å². The molecular formula is C22H27FN4O3S. The van der Waals surface area contributed by atoms with Crippen LogP contribution in [-0.4, -0.2) is 62.7 Å². The van der Waals surface area contributed by atoms with Crippen LogP contribution in [0.2, 0.25) is 0 Å². The van der Waals surface area contributed by atoms with E-state index in [1.165, 1.54) is 16.4 Å². The van der Waals surface area contributed by atoms with Crippen LogP contribution in [0.15, 0.2) is 24.3 Å². The van der Waals surface area contributed by atoms with E-state index in [2.05, 4.69) is 11.0 Å². The van der Waals surface area contributed by atoms with Crippen molar-refractivity contribution < 1.29 is 17.6 Å². The summed E-state index contributed by atoms with van der Waals surface area (Å²) in [5, 5.41) is 0. The van der Waals surface area contributed by atoms with Gasteiger partial charge in [-0.25, -0.2) is 17.8 Å². The molecule has 2 aromatic rings. The lowest BCUT2D eigenvalue weighted by molar-refractivity contribution is 0.0742. The number of aryl methyl sites for hydroxylation is 3. The highest BCUT2D eigenvalue weighted by Crippen LogP contribution is 2.27. The van der Waals surface area contributed by atoms with Gasteiger partial charge >= 0.3 is 0 Å².